The van der Waals surface area contributed by atoms with E-state index in [-0.39, 0.29) is 6.10 Å². The summed E-state index contributed by atoms with van der Waals surface area (Å²) in [5, 5.41) is 3.43. The Labute approximate surface area is 109 Å². The summed E-state index contributed by atoms with van der Waals surface area (Å²) in [5.41, 5.74) is 2.31. The Morgan fingerprint density at radius 2 is 2.39 bits per heavy atom. The van der Waals surface area contributed by atoms with E-state index in [1.807, 2.05) is 6.07 Å². The summed E-state index contributed by atoms with van der Waals surface area (Å²) in [5.74, 6) is 0. The summed E-state index contributed by atoms with van der Waals surface area (Å²) in [6, 6.07) is 8.31. The number of nitrogens with zero attached hydrogens (tertiary/aromatic N) is 1. The first-order chi connectivity index (χ1) is 8.78. The first kappa shape index (κ1) is 13.3. The molecule has 0 bridgehead atoms. The van der Waals surface area contributed by atoms with Crippen LogP contribution in [-0.2, 0) is 16.1 Å². The molecule has 100 valence electrons. The third-order valence-electron chi connectivity index (χ3n) is 3.11. The Bertz CT molecular complexity index is 371. The summed E-state index contributed by atoms with van der Waals surface area (Å²) in [6.07, 6.45) is 0.273. The Morgan fingerprint density at radius 3 is 3.17 bits per heavy atom. The molecule has 2 rings (SSSR count). The fourth-order valence-corrected chi connectivity index (χ4v) is 2.16. The first-order valence-corrected chi connectivity index (χ1v) is 6.40. The van der Waals surface area contributed by atoms with E-state index < -0.39 is 0 Å². The normalized spacial score (nSPS) is 20.9. The molecular weight excluding hydrogens is 228 g/mol. The Morgan fingerprint density at radius 1 is 1.50 bits per heavy atom. The first-order valence-electron chi connectivity index (χ1n) is 6.40. The van der Waals surface area contributed by atoms with Gasteiger partial charge < -0.3 is 19.7 Å². The molecule has 0 aromatic heterocycles. The van der Waals surface area contributed by atoms with Crippen molar-refractivity contribution in [3.63, 3.8) is 0 Å². The highest BCUT2D eigenvalue weighted by Gasteiger charge is 2.16. The van der Waals surface area contributed by atoms with Gasteiger partial charge in [-0.3, -0.25) is 0 Å². The standard InChI is InChI=1S/C14H22N2O2/c1-16-6-7-18-14(10-16)9-15-13-5-3-4-12(8-13)11-17-2/h3-5,8,14-15H,6-7,9-11H2,1-2H3. The van der Waals surface area contributed by atoms with Crippen molar-refractivity contribution >= 4 is 5.69 Å². The van der Waals surface area contributed by atoms with Crippen LogP contribution in [0.4, 0.5) is 5.69 Å². The molecule has 0 amide bonds. The largest absolute Gasteiger partial charge is 0.382 e. The minimum Gasteiger partial charge on any atom is -0.382 e. The van der Waals surface area contributed by atoms with E-state index in [0.717, 1.165) is 31.9 Å². The summed E-state index contributed by atoms with van der Waals surface area (Å²) in [6.45, 7) is 4.34. The highest BCUT2D eigenvalue weighted by Crippen LogP contribution is 2.12. The molecule has 1 aromatic carbocycles. The number of rotatable bonds is 5. The van der Waals surface area contributed by atoms with E-state index in [2.05, 4.69) is 35.5 Å². The zero-order valence-electron chi connectivity index (χ0n) is 11.2. The third-order valence-corrected chi connectivity index (χ3v) is 3.11. The summed E-state index contributed by atoms with van der Waals surface area (Å²) in [7, 11) is 3.85. The number of methoxy groups -OCH3 is 1. The zero-order chi connectivity index (χ0) is 12.8. The molecule has 1 aliphatic rings. The van der Waals surface area contributed by atoms with Crippen molar-refractivity contribution in [2.24, 2.45) is 0 Å². The topological polar surface area (TPSA) is 33.7 Å². The molecule has 0 spiro atoms. The molecule has 18 heavy (non-hydrogen) atoms. The maximum Gasteiger partial charge on any atom is 0.0874 e. The van der Waals surface area contributed by atoms with Crippen LogP contribution in [0.5, 0.6) is 0 Å². The Kier molecular flexibility index (Phi) is 4.99. The minimum absolute atomic E-state index is 0.273. The van der Waals surface area contributed by atoms with Gasteiger partial charge in [0.1, 0.15) is 0 Å². The zero-order valence-corrected chi connectivity index (χ0v) is 11.2. The second kappa shape index (κ2) is 6.73. The molecule has 1 saturated heterocycles. The highest BCUT2D eigenvalue weighted by molar-refractivity contribution is 5.45. The van der Waals surface area contributed by atoms with Gasteiger partial charge in [-0.2, -0.15) is 0 Å². The molecule has 1 unspecified atom stereocenters. The molecule has 4 nitrogen and oxygen atoms in total. The van der Waals surface area contributed by atoms with Gasteiger partial charge in [-0.1, -0.05) is 12.1 Å². The summed E-state index contributed by atoms with van der Waals surface area (Å²) < 4.78 is 10.9. The predicted octanol–water partition coefficient (Wildman–Crippen LogP) is 1.58. The van der Waals surface area contributed by atoms with Gasteiger partial charge in [0, 0.05) is 32.4 Å². The van der Waals surface area contributed by atoms with Crippen molar-refractivity contribution in [2.45, 2.75) is 12.7 Å². The van der Waals surface area contributed by atoms with Gasteiger partial charge in [0.15, 0.2) is 0 Å². The van der Waals surface area contributed by atoms with E-state index in [1.165, 1.54) is 5.56 Å². The lowest BCUT2D eigenvalue weighted by Crippen LogP contribution is -2.43. The van der Waals surface area contributed by atoms with Crippen LogP contribution in [0.15, 0.2) is 24.3 Å². The van der Waals surface area contributed by atoms with Gasteiger partial charge in [-0.05, 0) is 24.7 Å². The second-order valence-corrected chi connectivity index (χ2v) is 4.77. The number of morpholine rings is 1. The smallest absolute Gasteiger partial charge is 0.0874 e. The molecule has 1 heterocycles. The molecule has 0 saturated carbocycles. The van der Waals surface area contributed by atoms with Crippen LogP contribution in [-0.4, -0.2) is 51.4 Å². The predicted molar refractivity (Wildman–Crippen MR) is 72.9 cm³/mol. The number of hydrogen-bond donors (Lipinski definition) is 1. The summed E-state index contributed by atoms with van der Waals surface area (Å²) in [4.78, 5) is 2.30. The van der Waals surface area contributed by atoms with Crippen molar-refractivity contribution in [1.29, 1.82) is 0 Å². The minimum atomic E-state index is 0.273. The number of nitrogens with one attached hydrogen (secondary N) is 1. The number of hydrogen-bond acceptors (Lipinski definition) is 4. The van der Waals surface area contributed by atoms with Crippen LogP contribution in [0.3, 0.4) is 0 Å². The highest BCUT2D eigenvalue weighted by atomic mass is 16.5. The lowest BCUT2D eigenvalue weighted by molar-refractivity contribution is -0.0117. The number of likely N-dealkylation sites (N-methyl/N-ethyl adjacent to an activating group) is 1. The molecule has 1 fully saturated rings. The second-order valence-electron chi connectivity index (χ2n) is 4.77. The fourth-order valence-electron chi connectivity index (χ4n) is 2.16. The van der Waals surface area contributed by atoms with Crippen molar-refractivity contribution < 1.29 is 9.47 Å². The van der Waals surface area contributed by atoms with E-state index in [0.29, 0.717) is 6.61 Å². The number of anilines is 1. The molecule has 1 atom stereocenters. The van der Waals surface area contributed by atoms with Gasteiger partial charge in [0.25, 0.3) is 0 Å². The van der Waals surface area contributed by atoms with Crippen LogP contribution in [0.25, 0.3) is 0 Å². The van der Waals surface area contributed by atoms with Crippen molar-refractivity contribution in [3.8, 4) is 0 Å². The molecule has 4 heteroatoms. The van der Waals surface area contributed by atoms with Crippen LogP contribution in [0, 0.1) is 0 Å². The quantitative estimate of drug-likeness (QED) is 0.860. The third kappa shape index (κ3) is 3.98. The number of benzene rings is 1. The SMILES string of the molecule is COCc1cccc(NCC2CN(C)CCO2)c1. The molecule has 0 aliphatic carbocycles. The van der Waals surface area contributed by atoms with E-state index in [4.69, 9.17) is 9.47 Å². The van der Waals surface area contributed by atoms with E-state index in [9.17, 15) is 0 Å². The van der Waals surface area contributed by atoms with Crippen LogP contribution >= 0.6 is 0 Å². The molecule has 1 aromatic rings. The van der Waals surface area contributed by atoms with Gasteiger partial charge in [0.2, 0.25) is 0 Å². The van der Waals surface area contributed by atoms with E-state index >= 15 is 0 Å². The maximum absolute atomic E-state index is 5.72. The van der Waals surface area contributed by atoms with E-state index in [1.54, 1.807) is 7.11 Å². The number of ether oxygens (including phenoxy) is 2. The average Bonchev–Trinajstić information content (AvgIpc) is 2.37. The lowest BCUT2D eigenvalue weighted by atomic mass is 10.2. The van der Waals surface area contributed by atoms with Gasteiger partial charge >= 0.3 is 0 Å². The molecular formula is C14H22N2O2. The lowest BCUT2D eigenvalue weighted by Gasteiger charge is -2.30. The van der Waals surface area contributed by atoms with Crippen molar-refractivity contribution in [2.75, 3.05) is 45.7 Å². The average molecular weight is 250 g/mol. The van der Waals surface area contributed by atoms with Crippen molar-refractivity contribution in [3.05, 3.63) is 29.8 Å². The summed E-state index contributed by atoms with van der Waals surface area (Å²) >= 11 is 0. The van der Waals surface area contributed by atoms with Gasteiger partial charge in [-0.25, -0.2) is 0 Å². The molecule has 1 N–H and O–H groups in total. The van der Waals surface area contributed by atoms with Crippen LogP contribution in [0.2, 0.25) is 0 Å². The monoisotopic (exact) mass is 250 g/mol. The van der Waals surface area contributed by atoms with Crippen molar-refractivity contribution in [1.82, 2.24) is 4.90 Å². The van der Waals surface area contributed by atoms with Crippen LogP contribution < -0.4 is 5.32 Å². The Balaban J connectivity index is 1.83. The van der Waals surface area contributed by atoms with Gasteiger partial charge in [-0.15, -0.1) is 0 Å². The molecule has 1 aliphatic heterocycles. The maximum atomic E-state index is 5.72. The molecule has 0 radical (unpaired) electrons. The van der Waals surface area contributed by atoms with Crippen LogP contribution in [0.1, 0.15) is 5.56 Å². The van der Waals surface area contributed by atoms with Gasteiger partial charge in [0.05, 0.1) is 19.3 Å². The fraction of sp³-hybridized carbons (Fsp3) is 0.571. The Hall–Kier alpha value is -1.10.